The lowest BCUT2D eigenvalue weighted by atomic mass is 10.2. The number of hydrogen-bond donors (Lipinski definition) is 2. The molecule has 2 aromatic rings. The molecule has 0 saturated heterocycles. The number of benzene rings is 1. The second-order valence-electron chi connectivity index (χ2n) is 6.41. The summed E-state index contributed by atoms with van der Waals surface area (Å²) in [5.41, 5.74) is 0.433. The molecule has 0 saturated carbocycles. The summed E-state index contributed by atoms with van der Waals surface area (Å²) in [7, 11) is 0. The maximum atomic E-state index is 12.7. The molecule has 2 rings (SSSR count). The molecule has 1 heterocycles. The van der Waals surface area contributed by atoms with Crippen molar-refractivity contribution in [2.24, 2.45) is 0 Å². The van der Waals surface area contributed by atoms with Crippen LogP contribution in [0.5, 0.6) is 0 Å². The van der Waals surface area contributed by atoms with Crippen LogP contribution in [0.4, 0.5) is 16.3 Å². The van der Waals surface area contributed by atoms with Gasteiger partial charge in [0.15, 0.2) is 5.82 Å². The van der Waals surface area contributed by atoms with E-state index in [1.165, 1.54) is 4.90 Å². The molecule has 0 unspecified atom stereocenters. The zero-order valence-corrected chi connectivity index (χ0v) is 17.4. The minimum Gasteiger partial charge on any atom is -0.360 e. The van der Waals surface area contributed by atoms with Crippen LogP contribution in [0.15, 0.2) is 28.8 Å². The molecule has 2 N–H and O–H groups in total. The van der Waals surface area contributed by atoms with Gasteiger partial charge in [-0.25, -0.2) is 4.79 Å². The number of carbonyl (C=O) groups excluding carboxylic acids is 2. The normalized spacial score (nSPS) is 10.6. The maximum absolute atomic E-state index is 12.7. The summed E-state index contributed by atoms with van der Waals surface area (Å²) in [5, 5.41) is 9.89. The van der Waals surface area contributed by atoms with Gasteiger partial charge < -0.3 is 20.1 Å². The fourth-order valence-corrected chi connectivity index (χ4v) is 3.00. The molecule has 152 valence electrons. The fourth-order valence-electron chi connectivity index (χ4n) is 2.55. The van der Waals surface area contributed by atoms with Gasteiger partial charge in [-0.15, -0.1) is 0 Å². The van der Waals surface area contributed by atoms with E-state index in [-0.39, 0.29) is 12.5 Å². The molecular formula is C19H24Cl2N4O3. The number of amides is 3. The average molecular weight is 427 g/mol. The summed E-state index contributed by atoms with van der Waals surface area (Å²) in [6.07, 6.45) is 3.93. The summed E-state index contributed by atoms with van der Waals surface area (Å²) in [6.45, 7) is 4.17. The van der Waals surface area contributed by atoms with E-state index in [0.717, 1.165) is 25.7 Å². The highest BCUT2D eigenvalue weighted by molar-refractivity contribution is 6.36. The summed E-state index contributed by atoms with van der Waals surface area (Å²) >= 11 is 12.0. The standard InChI is InChI=1S/C19H24Cl2N4O3/c1-3-4-5-6-9-25(12-18(26)23-17-10-13(2)28-24-17)19(27)22-16-8-7-14(20)11-15(16)21/h7-8,10-11H,3-6,9,12H2,1-2H3,(H,22,27)(H,23,24,26). The minimum atomic E-state index is -0.410. The van der Waals surface area contributed by atoms with Gasteiger partial charge in [-0.3, -0.25) is 4.79 Å². The average Bonchev–Trinajstić information content (AvgIpc) is 3.04. The van der Waals surface area contributed by atoms with Crippen molar-refractivity contribution < 1.29 is 14.1 Å². The molecule has 28 heavy (non-hydrogen) atoms. The Kier molecular flexibility index (Phi) is 8.60. The number of nitrogens with zero attached hydrogens (tertiary/aromatic N) is 2. The highest BCUT2D eigenvalue weighted by atomic mass is 35.5. The third-order valence-corrected chi connectivity index (χ3v) is 4.52. The zero-order chi connectivity index (χ0) is 20.5. The summed E-state index contributed by atoms with van der Waals surface area (Å²) in [6, 6.07) is 6.00. The number of carbonyl (C=O) groups is 2. The topological polar surface area (TPSA) is 87.5 Å². The van der Waals surface area contributed by atoms with Gasteiger partial charge in [-0.2, -0.15) is 0 Å². The Hall–Kier alpha value is -2.25. The SMILES string of the molecule is CCCCCCN(CC(=O)Nc1cc(C)on1)C(=O)Nc1ccc(Cl)cc1Cl. The van der Waals surface area contributed by atoms with Gasteiger partial charge in [0.25, 0.3) is 0 Å². The van der Waals surface area contributed by atoms with E-state index >= 15 is 0 Å². The van der Waals surface area contributed by atoms with Crippen LogP contribution >= 0.6 is 23.2 Å². The molecular weight excluding hydrogens is 403 g/mol. The van der Waals surface area contributed by atoms with Gasteiger partial charge in [-0.05, 0) is 31.5 Å². The van der Waals surface area contributed by atoms with E-state index in [4.69, 9.17) is 27.7 Å². The largest absolute Gasteiger partial charge is 0.360 e. The lowest BCUT2D eigenvalue weighted by Gasteiger charge is -2.23. The van der Waals surface area contributed by atoms with Gasteiger partial charge in [0, 0.05) is 17.6 Å². The number of hydrogen-bond acceptors (Lipinski definition) is 4. The third kappa shape index (κ3) is 7.05. The highest BCUT2D eigenvalue weighted by Gasteiger charge is 2.19. The van der Waals surface area contributed by atoms with Crippen LogP contribution in [0.1, 0.15) is 38.4 Å². The summed E-state index contributed by atoms with van der Waals surface area (Å²) in [5.74, 6) is 0.539. The number of urea groups is 1. The molecule has 3 amide bonds. The number of anilines is 2. The molecule has 0 aliphatic heterocycles. The minimum absolute atomic E-state index is 0.116. The van der Waals surface area contributed by atoms with Crippen molar-refractivity contribution in [2.45, 2.75) is 39.5 Å². The molecule has 0 radical (unpaired) electrons. The molecule has 0 bridgehead atoms. The molecule has 1 aromatic heterocycles. The zero-order valence-electron chi connectivity index (χ0n) is 15.9. The smallest absolute Gasteiger partial charge is 0.322 e. The Bertz CT molecular complexity index is 810. The first-order valence-corrected chi connectivity index (χ1v) is 9.88. The molecule has 0 atom stereocenters. The Morgan fingerprint density at radius 2 is 1.93 bits per heavy atom. The lowest BCUT2D eigenvalue weighted by molar-refractivity contribution is -0.116. The van der Waals surface area contributed by atoms with Crippen LogP contribution in [0.3, 0.4) is 0 Å². The molecule has 7 nitrogen and oxygen atoms in total. The van der Waals surface area contributed by atoms with Crippen molar-refractivity contribution in [3.63, 3.8) is 0 Å². The molecule has 0 aliphatic carbocycles. The van der Waals surface area contributed by atoms with E-state index in [9.17, 15) is 9.59 Å². The van der Waals surface area contributed by atoms with Gasteiger partial charge >= 0.3 is 6.03 Å². The monoisotopic (exact) mass is 426 g/mol. The maximum Gasteiger partial charge on any atom is 0.322 e. The van der Waals surface area contributed by atoms with Crippen LogP contribution in [0.25, 0.3) is 0 Å². The van der Waals surface area contributed by atoms with E-state index < -0.39 is 6.03 Å². The van der Waals surface area contributed by atoms with E-state index in [2.05, 4.69) is 22.7 Å². The van der Waals surface area contributed by atoms with Crippen molar-refractivity contribution in [1.82, 2.24) is 10.1 Å². The van der Waals surface area contributed by atoms with E-state index in [1.807, 2.05) is 0 Å². The van der Waals surface area contributed by atoms with Crippen LogP contribution in [-0.4, -0.2) is 35.1 Å². The van der Waals surface area contributed by atoms with E-state index in [0.29, 0.717) is 33.9 Å². The highest BCUT2D eigenvalue weighted by Crippen LogP contribution is 2.25. The predicted octanol–water partition coefficient (Wildman–Crippen LogP) is 5.34. The van der Waals surface area contributed by atoms with Gasteiger partial charge in [0.1, 0.15) is 12.3 Å². The first-order valence-electron chi connectivity index (χ1n) is 9.13. The van der Waals surface area contributed by atoms with Crippen LogP contribution in [-0.2, 0) is 4.79 Å². The molecule has 9 heteroatoms. The number of halogens is 2. The van der Waals surface area contributed by atoms with Crippen molar-refractivity contribution in [3.05, 3.63) is 40.1 Å². The summed E-state index contributed by atoms with van der Waals surface area (Å²) < 4.78 is 4.93. The Labute approximate surface area is 174 Å². The first-order chi connectivity index (χ1) is 13.4. The molecule has 0 spiro atoms. The van der Waals surface area contributed by atoms with Crippen molar-refractivity contribution in [2.75, 3.05) is 23.7 Å². The summed E-state index contributed by atoms with van der Waals surface area (Å²) in [4.78, 5) is 26.5. The number of aromatic nitrogens is 1. The second-order valence-corrected chi connectivity index (χ2v) is 7.25. The molecule has 0 aliphatic rings. The van der Waals surface area contributed by atoms with Crippen molar-refractivity contribution in [3.8, 4) is 0 Å². The first kappa shape index (κ1) is 22.0. The number of unbranched alkanes of at least 4 members (excludes halogenated alkanes) is 3. The fraction of sp³-hybridized carbons (Fsp3) is 0.421. The van der Waals surface area contributed by atoms with E-state index in [1.54, 1.807) is 31.2 Å². The third-order valence-electron chi connectivity index (χ3n) is 3.97. The van der Waals surface area contributed by atoms with Crippen molar-refractivity contribution >= 4 is 46.6 Å². The van der Waals surface area contributed by atoms with Crippen LogP contribution in [0, 0.1) is 6.92 Å². The Morgan fingerprint density at radius 1 is 1.14 bits per heavy atom. The molecule has 1 aromatic carbocycles. The van der Waals surface area contributed by atoms with Gasteiger partial charge in [0.2, 0.25) is 5.91 Å². The number of rotatable bonds is 9. The van der Waals surface area contributed by atoms with Gasteiger partial charge in [-0.1, -0.05) is 54.5 Å². The lowest BCUT2D eigenvalue weighted by Crippen LogP contribution is -2.41. The molecule has 0 fully saturated rings. The number of nitrogens with one attached hydrogen (secondary N) is 2. The van der Waals surface area contributed by atoms with Gasteiger partial charge in [0.05, 0.1) is 10.7 Å². The van der Waals surface area contributed by atoms with Crippen molar-refractivity contribution in [1.29, 1.82) is 0 Å². The Balaban J connectivity index is 2.01. The number of aryl methyl sites for hydroxylation is 1. The quantitative estimate of drug-likeness (QED) is 0.529. The second kappa shape index (κ2) is 10.9. The predicted molar refractivity (Wildman–Crippen MR) is 111 cm³/mol. The van der Waals surface area contributed by atoms with Crippen LogP contribution in [0.2, 0.25) is 10.0 Å². The Morgan fingerprint density at radius 3 is 2.57 bits per heavy atom. The van der Waals surface area contributed by atoms with Crippen LogP contribution < -0.4 is 10.6 Å².